The summed E-state index contributed by atoms with van der Waals surface area (Å²) in [5, 5.41) is 12.2. The molecule has 0 fully saturated rings. The van der Waals surface area contributed by atoms with Crippen molar-refractivity contribution in [2.45, 2.75) is 19.9 Å². The number of nitrogens with two attached hydrogens (primary N) is 1. The molecule has 0 aliphatic heterocycles. The van der Waals surface area contributed by atoms with Crippen LogP contribution in [0.5, 0.6) is 11.5 Å². The first-order chi connectivity index (χ1) is 8.97. The predicted octanol–water partition coefficient (Wildman–Crippen LogP) is 3.19. The first kappa shape index (κ1) is 13.4. The molecule has 0 bridgehead atoms. The second-order valence-electron chi connectivity index (χ2n) is 4.41. The average molecular weight is 279 g/mol. The van der Waals surface area contributed by atoms with Gasteiger partial charge in [-0.2, -0.15) is 5.10 Å². The first-order valence-electron chi connectivity index (χ1n) is 5.83. The van der Waals surface area contributed by atoms with Crippen molar-refractivity contribution in [1.29, 1.82) is 5.41 Å². The van der Waals surface area contributed by atoms with Crippen molar-refractivity contribution in [3.63, 3.8) is 0 Å². The summed E-state index contributed by atoms with van der Waals surface area (Å²) in [5.41, 5.74) is 5.98. The van der Waals surface area contributed by atoms with Gasteiger partial charge in [0.15, 0.2) is 5.75 Å². The lowest BCUT2D eigenvalue weighted by molar-refractivity contribution is 0.476. The monoisotopic (exact) mass is 278 g/mol. The third-order valence-corrected chi connectivity index (χ3v) is 2.80. The topological polar surface area (TPSA) is 76.9 Å². The lowest BCUT2D eigenvalue weighted by Crippen LogP contribution is -2.12. The van der Waals surface area contributed by atoms with E-state index in [0.717, 1.165) is 0 Å². The normalized spacial score (nSPS) is 10.7. The van der Waals surface area contributed by atoms with Gasteiger partial charge in [0.1, 0.15) is 11.6 Å². The Morgan fingerprint density at radius 1 is 1.47 bits per heavy atom. The van der Waals surface area contributed by atoms with Gasteiger partial charge in [-0.05, 0) is 32.0 Å². The van der Waals surface area contributed by atoms with Gasteiger partial charge in [0.2, 0.25) is 0 Å². The number of nitrogens with one attached hydrogen (secondary N) is 1. The molecule has 0 saturated heterocycles. The van der Waals surface area contributed by atoms with Crippen LogP contribution in [0.2, 0.25) is 5.02 Å². The van der Waals surface area contributed by atoms with E-state index < -0.39 is 0 Å². The van der Waals surface area contributed by atoms with Gasteiger partial charge in [-0.3, -0.25) is 10.1 Å². The summed E-state index contributed by atoms with van der Waals surface area (Å²) in [4.78, 5) is 0. The summed E-state index contributed by atoms with van der Waals surface area (Å²) in [6, 6.07) is 5.24. The molecule has 0 spiro atoms. The summed E-state index contributed by atoms with van der Waals surface area (Å²) in [6.45, 7) is 4.06. The molecule has 6 heteroatoms. The van der Waals surface area contributed by atoms with Gasteiger partial charge in [-0.25, -0.2) is 0 Å². The third-order valence-electron chi connectivity index (χ3n) is 2.57. The maximum absolute atomic E-state index is 7.53. The molecule has 5 nitrogen and oxygen atoms in total. The SMILES string of the molecule is CC(C)n1cc(Oc2ccc(Cl)cc2C(=N)N)cn1. The smallest absolute Gasteiger partial charge is 0.165 e. The number of rotatable bonds is 4. The summed E-state index contributed by atoms with van der Waals surface area (Å²) < 4.78 is 7.48. The number of hydrogen-bond acceptors (Lipinski definition) is 3. The summed E-state index contributed by atoms with van der Waals surface area (Å²) in [7, 11) is 0. The molecule has 2 rings (SSSR count). The Labute approximate surface area is 116 Å². The number of nitrogens with zero attached hydrogens (tertiary/aromatic N) is 2. The zero-order valence-corrected chi connectivity index (χ0v) is 11.5. The van der Waals surface area contributed by atoms with Gasteiger partial charge in [-0.1, -0.05) is 11.6 Å². The van der Waals surface area contributed by atoms with Crippen LogP contribution in [0.4, 0.5) is 0 Å². The molecular weight excluding hydrogens is 264 g/mol. The number of nitrogen functional groups attached to an aromatic ring is 1. The average Bonchev–Trinajstić information content (AvgIpc) is 2.80. The van der Waals surface area contributed by atoms with E-state index in [1.807, 2.05) is 13.8 Å². The second-order valence-corrected chi connectivity index (χ2v) is 4.84. The van der Waals surface area contributed by atoms with Gasteiger partial charge in [0, 0.05) is 11.1 Å². The molecule has 0 unspecified atom stereocenters. The summed E-state index contributed by atoms with van der Waals surface area (Å²) in [6.07, 6.45) is 3.42. The fraction of sp³-hybridized carbons (Fsp3) is 0.231. The second kappa shape index (κ2) is 5.32. The molecule has 0 aliphatic rings. The zero-order valence-electron chi connectivity index (χ0n) is 10.7. The summed E-state index contributed by atoms with van der Waals surface area (Å²) in [5.74, 6) is 0.993. The lowest BCUT2D eigenvalue weighted by Gasteiger charge is -2.09. The van der Waals surface area contributed by atoms with E-state index in [2.05, 4.69) is 5.10 Å². The van der Waals surface area contributed by atoms with Crippen LogP contribution in [0.3, 0.4) is 0 Å². The molecule has 0 aliphatic carbocycles. The van der Waals surface area contributed by atoms with Crippen LogP contribution in [0.1, 0.15) is 25.5 Å². The molecule has 0 atom stereocenters. The van der Waals surface area contributed by atoms with Crippen molar-refractivity contribution in [1.82, 2.24) is 9.78 Å². The molecule has 0 amide bonds. The molecule has 100 valence electrons. The highest BCUT2D eigenvalue weighted by Crippen LogP contribution is 2.27. The Morgan fingerprint density at radius 3 is 2.79 bits per heavy atom. The van der Waals surface area contributed by atoms with Crippen LogP contribution < -0.4 is 10.5 Å². The Balaban J connectivity index is 2.29. The zero-order chi connectivity index (χ0) is 14.0. The van der Waals surface area contributed by atoms with E-state index in [1.54, 1.807) is 35.3 Å². The van der Waals surface area contributed by atoms with Gasteiger partial charge in [-0.15, -0.1) is 0 Å². The lowest BCUT2D eigenvalue weighted by atomic mass is 10.2. The summed E-state index contributed by atoms with van der Waals surface area (Å²) >= 11 is 5.89. The largest absolute Gasteiger partial charge is 0.453 e. The molecule has 1 heterocycles. The molecule has 2 aromatic rings. The van der Waals surface area contributed by atoms with Crippen molar-refractivity contribution < 1.29 is 4.74 Å². The van der Waals surface area contributed by atoms with Gasteiger partial charge in [0.05, 0.1) is 18.0 Å². The van der Waals surface area contributed by atoms with E-state index in [9.17, 15) is 0 Å². The maximum atomic E-state index is 7.53. The van der Waals surface area contributed by atoms with Crippen LogP contribution in [-0.4, -0.2) is 15.6 Å². The van der Waals surface area contributed by atoms with Crippen LogP contribution in [0.25, 0.3) is 0 Å². The highest BCUT2D eigenvalue weighted by molar-refractivity contribution is 6.31. The standard InChI is InChI=1S/C13H15ClN4O/c1-8(2)18-7-10(6-17-18)19-12-4-3-9(14)5-11(12)13(15)16/h3-8H,1-2H3,(H3,15,16). The highest BCUT2D eigenvalue weighted by Gasteiger charge is 2.10. The van der Waals surface area contributed by atoms with Crippen LogP contribution >= 0.6 is 11.6 Å². The van der Waals surface area contributed by atoms with Crippen LogP contribution in [0.15, 0.2) is 30.6 Å². The minimum Gasteiger partial charge on any atom is -0.453 e. The first-order valence-corrected chi connectivity index (χ1v) is 6.21. The molecule has 3 N–H and O–H groups in total. The Kier molecular flexibility index (Phi) is 3.76. The van der Waals surface area contributed by atoms with Gasteiger partial charge >= 0.3 is 0 Å². The molecule has 19 heavy (non-hydrogen) atoms. The number of ether oxygens (including phenoxy) is 1. The van der Waals surface area contributed by atoms with Crippen molar-refractivity contribution in [3.05, 3.63) is 41.2 Å². The molecule has 0 saturated carbocycles. The molecule has 0 radical (unpaired) electrons. The highest BCUT2D eigenvalue weighted by atomic mass is 35.5. The number of benzene rings is 1. The number of halogens is 1. The molecule has 1 aromatic carbocycles. The van der Waals surface area contributed by atoms with Crippen molar-refractivity contribution in [2.75, 3.05) is 0 Å². The van der Waals surface area contributed by atoms with E-state index in [-0.39, 0.29) is 11.9 Å². The molecular formula is C13H15ClN4O. The Hall–Kier alpha value is -2.01. The number of hydrogen-bond donors (Lipinski definition) is 2. The van der Waals surface area contributed by atoms with E-state index in [1.165, 1.54) is 0 Å². The third kappa shape index (κ3) is 3.06. The minimum atomic E-state index is -0.0891. The van der Waals surface area contributed by atoms with Crippen LogP contribution in [-0.2, 0) is 0 Å². The fourth-order valence-corrected chi connectivity index (χ4v) is 1.76. The quantitative estimate of drug-likeness (QED) is 0.666. The van der Waals surface area contributed by atoms with Gasteiger partial charge < -0.3 is 10.5 Å². The Morgan fingerprint density at radius 2 is 2.21 bits per heavy atom. The van der Waals surface area contributed by atoms with Crippen molar-refractivity contribution >= 4 is 17.4 Å². The van der Waals surface area contributed by atoms with E-state index in [4.69, 9.17) is 27.5 Å². The van der Waals surface area contributed by atoms with Gasteiger partial charge in [0.25, 0.3) is 0 Å². The molecule has 1 aromatic heterocycles. The van der Waals surface area contributed by atoms with E-state index >= 15 is 0 Å². The number of amidine groups is 1. The Bertz CT molecular complexity index is 606. The van der Waals surface area contributed by atoms with Crippen molar-refractivity contribution in [3.8, 4) is 11.5 Å². The maximum Gasteiger partial charge on any atom is 0.165 e. The fourth-order valence-electron chi connectivity index (χ4n) is 1.58. The number of aromatic nitrogens is 2. The minimum absolute atomic E-state index is 0.0891. The van der Waals surface area contributed by atoms with Crippen molar-refractivity contribution in [2.24, 2.45) is 5.73 Å². The predicted molar refractivity (Wildman–Crippen MR) is 75.2 cm³/mol. The van der Waals surface area contributed by atoms with E-state index in [0.29, 0.717) is 22.1 Å². The van der Waals surface area contributed by atoms with Crippen LogP contribution in [0, 0.1) is 5.41 Å².